The van der Waals surface area contributed by atoms with Crippen molar-refractivity contribution < 1.29 is 27.0 Å². The van der Waals surface area contributed by atoms with E-state index in [-0.39, 0.29) is 13.0 Å². The van der Waals surface area contributed by atoms with Crippen molar-refractivity contribution in [3.63, 3.8) is 0 Å². The molecule has 1 fully saturated rings. The summed E-state index contributed by atoms with van der Waals surface area (Å²) in [5.74, 6) is -1.62. The second-order valence-corrected chi connectivity index (χ2v) is 5.41. The van der Waals surface area contributed by atoms with Crippen LogP contribution in [0, 0.1) is 0 Å². The summed E-state index contributed by atoms with van der Waals surface area (Å²) in [5.41, 5.74) is 0. The number of carboxylic acids is 1. The lowest BCUT2D eigenvalue weighted by atomic mass is 10.2. The van der Waals surface area contributed by atoms with Crippen molar-refractivity contribution in [2.75, 3.05) is 6.54 Å². The average molecular weight is 253 g/mol. The highest BCUT2D eigenvalue weighted by atomic mass is 32.3. The highest BCUT2D eigenvalue weighted by Gasteiger charge is 2.40. The highest BCUT2D eigenvalue weighted by Crippen LogP contribution is 2.22. The van der Waals surface area contributed by atoms with Crippen LogP contribution < -0.4 is 0 Å². The third kappa shape index (κ3) is 2.91. The van der Waals surface area contributed by atoms with Crippen molar-refractivity contribution in [1.82, 2.24) is 4.90 Å². The molecule has 0 radical (unpaired) electrons. The number of carbonyl (C=O) groups excluding carboxylic acids is 1. The first kappa shape index (κ1) is 12.9. The van der Waals surface area contributed by atoms with Gasteiger partial charge in [-0.25, -0.2) is 0 Å². The van der Waals surface area contributed by atoms with E-state index in [0.717, 1.165) is 4.90 Å². The molecule has 0 aromatic heterocycles. The molecule has 1 aliphatic rings. The first-order valence-corrected chi connectivity index (χ1v) is 6.11. The van der Waals surface area contributed by atoms with E-state index in [9.17, 15) is 21.9 Å². The first-order valence-electron chi connectivity index (χ1n) is 4.66. The summed E-state index contributed by atoms with van der Waals surface area (Å²) in [4.78, 5) is 22.9. The summed E-state index contributed by atoms with van der Waals surface area (Å²) < 4.78 is 33.9. The zero-order chi connectivity index (χ0) is 12.5. The number of hydrogen-bond acceptors (Lipinski definition) is 4. The fourth-order valence-corrected chi connectivity index (χ4v) is 2.36. The summed E-state index contributed by atoms with van der Waals surface area (Å²) in [5, 5.41) is 7.16. The van der Waals surface area contributed by atoms with E-state index in [1.54, 1.807) is 0 Å². The van der Waals surface area contributed by atoms with E-state index in [4.69, 9.17) is 5.11 Å². The molecule has 6 nitrogen and oxygen atoms in total. The standard InChI is InChI=1S/C8H12FNO5S/c1-5(2-8(12)13)10-4-6(3-7(10)11)16(9,14)15/h5-6H,2-4H2,1H3,(H,12,13)/t5-,6?/m1/s1. The Kier molecular flexibility index (Phi) is 3.51. The predicted octanol–water partition coefficient (Wildman–Crippen LogP) is -0.250. The fourth-order valence-electron chi connectivity index (χ4n) is 1.68. The summed E-state index contributed by atoms with van der Waals surface area (Å²) >= 11 is 0. The molecule has 0 aromatic carbocycles. The molecule has 0 aliphatic carbocycles. The van der Waals surface area contributed by atoms with Crippen LogP contribution in [0.1, 0.15) is 19.8 Å². The molecule has 0 saturated carbocycles. The normalized spacial score (nSPS) is 23.5. The van der Waals surface area contributed by atoms with E-state index in [1.165, 1.54) is 6.92 Å². The third-order valence-electron chi connectivity index (χ3n) is 2.52. The molecule has 8 heteroatoms. The number of carbonyl (C=O) groups is 2. The Labute approximate surface area is 92.3 Å². The van der Waals surface area contributed by atoms with Crippen LogP contribution >= 0.6 is 0 Å². The van der Waals surface area contributed by atoms with Gasteiger partial charge in [-0.1, -0.05) is 0 Å². The van der Waals surface area contributed by atoms with Crippen molar-refractivity contribution in [2.24, 2.45) is 0 Å². The van der Waals surface area contributed by atoms with Gasteiger partial charge in [0.2, 0.25) is 5.91 Å². The van der Waals surface area contributed by atoms with Crippen LogP contribution in [0.3, 0.4) is 0 Å². The van der Waals surface area contributed by atoms with Gasteiger partial charge in [0.15, 0.2) is 0 Å². The van der Waals surface area contributed by atoms with Crippen molar-refractivity contribution >= 4 is 22.1 Å². The Bertz CT molecular complexity index is 407. The summed E-state index contributed by atoms with van der Waals surface area (Å²) in [7, 11) is -4.74. The van der Waals surface area contributed by atoms with Gasteiger partial charge >= 0.3 is 16.2 Å². The number of amides is 1. The maximum atomic E-state index is 12.6. The van der Waals surface area contributed by atoms with Crippen LogP contribution in [0.25, 0.3) is 0 Å². The summed E-state index contributed by atoms with van der Waals surface area (Å²) in [6.45, 7) is 1.21. The minimum Gasteiger partial charge on any atom is -0.481 e. The lowest BCUT2D eigenvalue weighted by molar-refractivity contribution is -0.139. The van der Waals surface area contributed by atoms with Crippen molar-refractivity contribution in [3.8, 4) is 0 Å². The van der Waals surface area contributed by atoms with Crippen LogP contribution in [0.15, 0.2) is 0 Å². The second-order valence-electron chi connectivity index (χ2n) is 3.79. The lowest BCUT2D eigenvalue weighted by Gasteiger charge is -2.22. The smallest absolute Gasteiger partial charge is 0.307 e. The van der Waals surface area contributed by atoms with Gasteiger partial charge in [-0.3, -0.25) is 9.59 Å². The maximum absolute atomic E-state index is 12.6. The molecule has 1 rings (SSSR count). The van der Waals surface area contributed by atoms with Crippen molar-refractivity contribution in [2.45, 2.75) is 31.1 Å². The van der Waals surface area contributed by atoms with E-state index in [1.807, 2.05) is 0 Å². The molecule has 92 valence electrons. The van der Waals surface area contributed by atoms with Crippen molar-refractivity contribution in [3.05, 3.63) is 0 Å². The highest BCUT2D eigenvalue weighted by molar-refractivity contribution is 7.87. The topological polar surface area (TPSA) is 91.8 Å². The van der Waals surface area contributed by atoms with Crippen LogP contribution in [0.2, 0.25) is 0 Å². The van der Waals surface area contributed by atoms with Gasteiger partial charge in [0.25, 0.3) is 0 Å². The lowest BCUT2D eigenvalue weighted by Crippen LogP contribution is -2.36. The number of likely N-dealkylation sites (tertiary alicyclic amines) is 1. The van der Waals surface area contributed by atoms with Gasteiger partial charge in [-0.2, -0.15) is 8.42 Å². The number of halogens is 1. The molecule has 2 atom stereocenters. The zero-order valence-corrected chi connectivity index (χ0v) is 9.41. The first-order chi connectivity index (χ1) is 7.21. The van der Waals surface area contributed by atoms with Gasteiger partial charge in [0.1, 0.15) is 5.25 Å². The molecule has 1 unspecified atom stereocenters. The van der Waals surface area contributed by atoms with Crippen LogP contribution in [-0.2, 0) is 19.8 Å². The SMILES string of the molecule is C[C@H](CC(=O)O)N1CC(S(=O)(=O)F)CC1=O. The zero-order valence-electron chi connectivity index (χ0n) is 8.59. The van der Waals surface area contributed by atoms with Crippen molar-refractivity contribution in [1.29, 1.82) is 0 Å². The number of nitrogens with zero attached hydrogens (tertiary/aromatic N) is 1. The molecule has 16 heavy (non-hydrogen) atoms. The predicted molar refractivity (Wildman–Crippen MR) is 51.9 cm³/mol. The molecule has 0 spiro atoms. The molecular formula is C8H12FNO5S. The van der Waals surface area contributed by atoms with E-state index < -0.39 is 39.8 Å². The van der Waals surface area contributed by atoms with E-state index in [2.05, 4.69) is 0 Å². The summed E-state index contributed by atoms with van der Waals surface area (Å²) in [6, 6.07) is -0.628. The number of aliphatic carboxylic acids is 1. The largest absolute Gasteiger partial charge is 0.481 e. The molecule has 0 bridgehead atoms. The molecule has 0 aromatic rings. The molecule has 1 aliphatic heterocycles. The molecule has 1 saturated heterocycles. The monoisotopic (exact) mass is 253 g/mol. The second kappa shape index (κ2) is 4.36. The number of carboxylic acid groups (broad SMARTS) is 1. The van der Waals surface area contributed by atoms with Gasteiger partial charge < -0.3 is 10.0 Å². The van der Waals surface area contributed by atoms with E-state index >= 15 is 0 Å². The van der Waals surface area contributed by atoms with Crippen LogP contribution in [-0.4, -0.2) is 48.1 Å². The van der Waals surface area contributed by atoms with Crippen LogP contribution in [0.4, 0.5) is 3.89 Å². The third-order valence-corrected chi connectivity index (χ3v) is 3.64. The Morgan fingerprint density at radius 1 is 1.69 bits per heavy atom. The quantitative estimate of drug-likeness (QED) is 0.697. The summed E-state index contributed by atoms with van der Waals surface area (Å²) in [6.07, 6.45) is -0.701. The van der Waals surface area contributed by atoms with Gasteiger partial charge in [-0.05, 0) is 6.92 Å². The molecule has 1 N–H and O–H groups in total. The van der Waals surface area contributed by atoms with Gasteiger partial charge in [0, 0.05) is 19.0 Å². The Balaban J connectivity index is 2.72. The maximum Gasteiger partial charge on any atom is 0.307 e. The van der Waals surface area contributed by atoms with Gasteiger partial charge in [-0.15, -0.1) is 3.89 Å². The number of rotatable bonds is 4. The van der Waals surface area contributed by atoms with Crippen LogP contribution in [0.5, 0.6) is 0 Å². The Morgan fingerprint density at radius 3 is 2.62 bits per heavy atom. The minimum absolute atomic E-state index is 0.272. The van der Waals surface area contributed by atoms with Gasteiger partial charge in [0.05, 0.1) is 6.42 Å². The molecular weight excluding hydrogens is 241 g/mol. The Hall–Kier alpha value is -1.18. The minimum atomic E-state index is -4.74. The van der Waals surface area contributed by atoms with E-state index in [0.29, 0.717) is 0 Å². The fraction of sp³-hybridized carbons (Fsp3) is 0.750. The average Bonchev–Trinajstić information content (AvgIpc) is 2.44. The Morgan fingerprint density at radius 2 is 2.25 bits per heavy atom. The molecule has 1 heterocycles. The molecule has 1 amide bonds. The number of hydrogen-bond donors (Lipinski definition) is 1.